The molecule has 88 valence electrons. The Labute approximate surface area is 95.3 Å². The average molecular weight is 209 g/mol. The van der Waals surface area contributed by atoms with Crippen molar-refractivity contribution in [3.8, 4) is 0 Å². The van der Waals surface area contributed by atoms with Crippen molar-refractivity contribution in [2.45, 2.75) is 64.8 Å². The van der Waals surface area contributed by atoms with Crippen LogP contribution in [0.3, 0.4) is 0 Å². The second-order valence-corrected chi connectivity index (χ2v) is 5.20. The predicted molar refractivity (Wildman–Crippen MR) is 68.1 cm³/mol. The minimum Gasteiger partial charge on any atom is -0.314 e. The van der Waals surface area contributed by atoms with Crippen LogP contribution in [0.15, 0.2) is 12.2 Å². The van der Waals surface area contributed by atoms with E-state index in [4.69, 9.17) is 0 Å². The van der Waals surface area contributed by atoms with Gasteiger partial charge in [0.2, 0.25) is 0 Å². The summed E-state index contributed by atoms with van der Waals surface area (Å²) >= 11 is 0. The Morgan fingerprint density at radius 3 is 2.40 bits per heavy atom. The largest absolute Gasteiger partial charge is 0.314 e. The Morgan fingerprint density at radius 1 is 1.27 bits per heavy atom. The molecule has 15 heavy (non-hydrogen) atoms. The summed E-state index contributed by atoms with van der Waals surface area (Å²) in [5.41, 5.74) is 1.29. The molecule has 0 amide bonds. The van der Waals surface area contributed by atoms with Gasteiger partial charge >= 0.3 is 0 Å². The zero-order chi connectivity index (χ0) is 11.1. The number of nitrogens with one attached hydrogen (secondary N) is 1. The molecule has 0 aromatic carbocycles. The topological polar surface area (TPSA) is 12.0 Å². The molecular weight excluding hydrogens is 182 g/mol. The first-order valence-electron chi connectivity index (χ1n) is 6.58. The standard InChI is InChI=1S/C14H27N/c1-12(2)10-11-15-13(3)14-8-6-4-5-7-9-14/h13-15H,1,4-11H2,2-3H3/t13-/m0/s1. The van der Waals surface area contributed by atoms with Gasteiger partial charge in [0.15, 0.2) is 0 Å². The summed E-state index contributed by atoms with van der Waals surface area (Å²) in [6.45, 7) is 9.51. The average Bonchev–Trinajstić information content (AvgIpc) is 2.44. The zero-order valence-corrected chi connectivity index (χ0v) is 10.5. The maximum Gasteiger partial charge on any atom is 0.00671 e. The molecule has 0 aliphatic heterocycles. The summed E-state index contributed by atoms with van der Waals surface area (Å²) in [5.74, 6) is 0.914. The lowest BCUT2D eigenvalue weighted by Gasteiger charge is -2.23. The third kappa shape index (κ3) is 5.36. The van der Waals surface area contributed by atoms with Crippen LogP contribution >= 0.6 is 0 Å². The fraction of sp³-hybridized carbons (Fsp3) is 0.857. The van der Waals surface area contributed by atoms with E-state index in [2.05, 4.69) is 25.7 Å². The van der Waals surface area contributed by atoms with Gasteiger partial charge in [0, 0.05) is 6.04 Å². The van der Waals surface area contributed by atoms with Crippen LogP contribution in [0.2, 0.25) is 0 Å². The van der Waals surface area contributed by atoms with Crippen molar-refractivity contribution in [2.24, 2.45) is 5.92 Å². The third-order valence-electron chi connectivity index (χ3n) is 3.63. The smallest absolute Gasteiger partial charge is 0.00671 e. The van der Waals surface area contributed by atoms with Crippen LogP contribution in [0.4, 0.5) is 0 Å². The molecule has 1 N–H and O–H groups in total. The molecule has 1 rings (SSSR count). The van der Waals surface area contributed by atoms with E-state index in [1.165, 1.54) is 44.1 Å². The van der Waals surface area contributed by atoms with Crippen molar-refractivity contribution < 1.29 is 0 Å². The highest BCUT2D eigenvalue weighted by molar-refractivity contribution is 4.88. The molecule has 0 heterocycles. The van der Waals surface area contributed by atoms with E-state index in [9.17, 15) is 0 Å². The molecule has 1 nitrogen and oxygen atoms in total. The van der Waals surface area contributed by atoms with Crippen molar-refractivity contribution in [1.82, 2.24) is 5.32 Å². The fourth-order valence-electron chi connectivity index (χ4n) is 2.49. The van der Waals surface area contributed by atoms with E-state index in [0.717, 1.165) is 18.9 Å². The van der Waals surface area contributed by atoms with E-state index < -0.39 is 0 Å². The maximum absolute atomic E-state index is 3.94. The van der Waals surface area contributed by atoms with Crippen molar-refractivity contribution in [1.29, 1.82) is 0 Å². The van der Waals surface area contributed by atoms with E-state index >= 15 is 0 Å². The number of hydrogen-bond acceptors (Lipinski definition) is 1. The van der Waals surface area contributed by atoms with Gasteiger partial charge in [0.1, 0.15) is 0 Å². The van der Waals surface area contributed by atoms with Crippen molar-refractivity contribution in [3.05, 3.63) is 12.2 Å². The molecule has 0 unspecified atom stereocenters. The van der Waals surface area contributed by atoms with E-state index in [1.807, 2.05) is 0 Å². The molecule has 1 aliphatic rings. The maximum atomic E-state index is 3.94. The van der Waals surface area contributed by atoms with Crippen LogP contribution in [0.25, 0.3) is 0 Å². The second-order valence-electron chi connectivity index (χ2n) is 5.20. The summed E-state index contributed by atoms with van der Waals surface area (Å²) < 4.78 is 0. The molecular formula is C14H27N. The van der Waals surface area contributed by atoms with Crippen LogP contribution in [0.5, 0.6) is 0 Å². The van der Waals surface area contributed by atoms with Crippen LogP contribution < -0.4 is 5.32 Å². The number of rotatable bonds is 5. The molecule has 0 aromatic heterocycles. The van der Waals surface area contributed by atoms with Gasteiger partial charge in [-0.25, -0.2) is 0 Å². The van der Waals surface area contributed by atoms with Gasteiger partial charge in [-0.05, 0) is 45.6 Å². The van der Waals surface area contributed by atoms with Crippen LogP contribution in [0, 0.1) is 5.92 Å². The summed E-state index contributed by atoms with van der Waals surface area (Å²) in [6, 6.07) is 0.697. The Hall–Kier alpha value is -0.300. The molecule has 0 radical (unpaired) electrons. The lowest BCUT2D eigenvalue weighted by Crippen LogP contribution is -2.34. The first-order chi connectivity index (χ1) is 7.20. The molecule has 1 saturated carbocycles. The van der Waals surface area contributed by atoms with Crippen molar-refractivity contribution >= 4 is 0 Å². The van der Waals surface area contributed by atoms with Crippen molar-refractivity contribution in [2.75, 3.05) is 6.54 Å². The Bertz CT molecular complexity index is 178. The predicted octanol–water partition coefficient (Wildman–Crippen LogP) is 3.90. The lowest BCUT2D eigenvalue weighted by molar-refractivity contribution is 0.339. The van der Waals surface area contributed by atoms with Gasteiger partial charge < -0.3 is 5.32 Å². The second kappa shape index (κ2) is 7.05. The molecule has 1 heteroatoms. The van der Waals surface area contributed by atoms with Gasteiger partial charge in [0.25, 0.3) is 0 Å². The molecule has 0 saturated heterocycles. The monoisotopic (exact) mass is 209 g/mol. The van der Waals surface area contributed by atoms with Crippen LogP contribution in [0.1, 0.15) is 58.8 Å². The highest BCUT2D eigenvalue weighted by Gasteiger charge is 2.17. The normalized spacial score (nSPS) is 20.9. The zero-order valence-electron chi connectivity index (χ0n) is 10.5. The molecule has 1 atom stereocenters. The van der Waals surface area contributed by atoms with Crippen LogP contribution in [-0.4, -0.2) is 12.6 Å². The molecule has 0 aromatic rings. The minimum atomic E-state index is 0.697. The Morgan fingerprint density at radius 2 is 1.87 bits per heavy atom. The van der Waals surface area contributed by atoms with E-state index in [0.29, 0.717) is 6.04 Å². The molecule has 0 bridgehead atoms. The highest BCUT2D eigenvalue weighted by Crippen LogP contribution is 2.25. The molecule has 1 fully saturated rings. The minimum absolute atomic E-state index is 0.697. The van der Waals surface area contributed by atoms with E-state index in [-0.39, 0.29) is 0 Å². The van der Waals surface area contributed by atoms with Crippen molar-refractivity contribution in [3.63, 3.8) is 0 Å². The van der Waals surface area contributed by atoms with E-state index in [1.54, 1.807) is 0 Å². The van der Waals surface area contributed by atoms with Crippen LogP contribution in [-0.2, 0) is 0 Å². The first kappa shape index (κ1) is 12.8. The summed E-state index contributed by atoms with van der Waals surface area (Å²) in [6.07, 6.45) is 9.78. The lowest BCUT2D eigenvalue weighted by atomic mass is 9.93. The third-order valence-corrected chi connectivity index (χ3v) is 3.63. The summed E-state index contributed by atoms with van der Waals surface area (Å²) in [7, 11) is 0. The highest BCUT2D eigenvalue weighted by atomic mass is 14.9. The number of hydrogen-bond donors (Lipinski definition) is 1. The van der Waals surface area contributed by atoms with Gasteiger partial charge in [0.05, 0.1) is 0 Å². The van der Waals surface area contributed by atoms with Gasteiger partial charge in [-0.2, -0.15) is 0 Å². The SMILES string of the molecule is C=C(C)CCN[C@@H](C)C1CCCCCC1. The van der Waals surface area contributed by atoms with Gasteiger partial charge in [-0.1, -0.05) is 31.3 Å². The first-order valence-corrected chi connectivity index (χ1v) is 6.58. The van der Waals surface area contributed by atoms with Gasteiger partial charge in [-0.15, -0.1) is 6.58 Å². The van der Waals surface area contributed by atoms with Gasteiger partial charge in [-0.3, -0.25) is 0 Å². The quantitative estimate of drug-likeness (QED) is 0.535. The fourth-order valence-corrected chi connectivity index (χ4v) is 2.49. The molecule has 1 aliphatic carbocycles. The summed E-state index contributed by atoms with van der Waals surface area (Å²) in [4.78, 5) is 0. The molecule has 0 spiro atoms. The Kier molecular flexibility index (Phi) is 6.00. The summed E-state index contributed by atoms with van der Waals surface area (Å²) in [5, 5.41) is 3.65. The Balaban J connectivity index is 2.19.